The highest BCUT2D eigenvalue weighted by Gasteiger charge is 2.36. The first-order valence-electron chi connectivity index (χ1n) is 3.24. The molecule has 4 unspecified atom stereocenters. The molecule has 74 valence electrons. The van der Waals surface area contributed by atoms with Crippen molar-refractivity contribution in [3.63, 3.8) is 0 Å². The Bertz CT molecular complexity index is 136. The van der Waals surface area contributed by atoms with E-state index in [0.29, 0.717) is 0 Å². The van der Waals surface area contributed by atoms with Gasteiger partial charge in [-0.3, -0.25) is 0 Å². The van der Waals surface area contributed by atoms with Crippen molar-refractivity contribution in [3.8, 4) is 0 Å². The minimum atomic E-state index is -1.65. The van der Waals surface area contributed by atoms with Crippen LogP contribution in [0.1, 0.15) is 6.92 Å². The van der Waals surface area contributed by atoms with Crippen molar-refractivity contribution in [2.24, 2.45) is 0 Å². The van der Waals surface area contributed by atoms with Crippen molar-refractivity contribution in [1.82, 2.24) is 0 Å². The van der Waals surface area contributed by atoms with Gasteiger partial charge in [-0.1, -0.05) is 11.6 Å². The molecule has 0 saturated heterocycles. The van der Waals surface area contributed by atoms with Crippen LogP contribution < -0.4 is 0 Å². The normalized spacial score (nSPS) is 24.2. The fourth-order valence-corrected chi connectivity index (χ4v) is 1.56. The predicted octanol–water partition coefficient (Wildman–Crippen LogP) is 1.75. The molecule has 0 aromatic heterocycles. The minimum Gasteiger partial charge on any atom is -0.390 e. The Kier molecular flexibility index (Phi) is 5.54. The molecule has 2 N–H and O–H groups in total. The topological polar surface area (TPSA) is 40.5 Å². The van der Waals surface area contributed by atoms with Gasteiger partial charge >= 0.3 is 0 Å². The largest absolute Gasteiger partial charge is 0.390 e. The van der Waals surface area contributed by atoms with E-state index in [0.717, 1.165) is 0 Å². The molecule has 0 aliphatic rings. The standard InChI is InChI=1S/C6H10Cl4O2/c1-6(10,12)5(9)4(8)3(11)2-7/h3-5,11-12H,2H2,1H3. The molecule has 6 heteroatoms. The van der Waals surface area contributed by atoms with E-state index in [4.69, 9.17) is 51.5 Å². The van der Waals surface area contributed by atoms with Gasteiger partial charge in [0.15, 0.2) is 5.06 Å². The van der Waals surface area contributed by atoms with Gasteiger partial charge in [-0.2, -0.15) is 0 Å². The number of alkyl halides is 4. The van der Waals surface area contributed by atoms with Gasteiger partial charge in [0.05, 0.1) is 16.9 Å². The Morgan fingerprint density at radius 1 is 1.42 bits per heavy atom. The van der Waals surface area contributed by atoms with Gasteiger partial charge in [-0.05, 0) is 6.92 Å². The first-order chi connectivity index (χ1) is 5.30. The van der Waals surface area contributed by atoms with Crippen LogP contribution >= 0.6 is 46.4 Å². The number of halogens is 4. The third kappa shape index (κ3) is 3.86. The maximum Gasteiger partial charge on any atom is 0.153 e. The Morgan fingerprint density at radius 3 is 2.08 bits per heavy atom. The first kappa shape index (κ1) is 13.1. The molecule has 0 amide bonds. The van der Waals surface area contributed by atoms with Crippen molar-refractivity contribution >= 4 is 46.4 Å². The van der Waals surface area contributed by atoms with Crippen LogP contribution in [0.25, 0.3) is 0 Å². The van der Waals surface area contributed by atoms with Crippen LogP contribution in [0.3, 0.4) is 0 Å². The molecule has 2 nitrogen and oxygen atoms in total. The molecule has 0 aliphatic heterocycles. The fraction of sp³-hybridized carbons (Fsp3) is 1.00. The van der Waals surface area contributed by atoms with Gasteiger partial charge < -0.3 is 10.2 Å². The van der Waals surface area contributed by atoms with E-state index in [1.165, 1.54) is 6.92 Å². The molecule has 0 spiro atoms. The maximum atomic E-state index is 9.20. The van der Waals surface area contributed by atoms with Gasteiger partial charge in [-0.15, -0.1) is 34.8 Å². The predicted molar refractivity (Wildman–Crippen MR) is 52.5 cm³/mol. The van der Waals surface area contributed by atoms with Crippen molar-refractivity contribution in [2.45, 2.75) is 28.8 Å². The molecule has 0 saturated carbocycles. The summed E-state index contributed by atoms with van der Waals surface area (Å²) in [6, 6.07) is 0. The summed E-state index contributed by atoms with van der Waals surface area (Å²) in [5.74, 6) is -0.0512. The molecule has 4 atom stereocenters. The molecule has 0 heterocycles. The van der Waals surface area contributed by atoms with Crippen LogP contribution in [-0.4, -0.2) is 38.0 Å². The first-order valence-corrected chi connectivity index (χ1v) is 5.02. The monoisotopic (exact) mass is 254 g/mol. The lowest BCUT2D eigenvalue weighted by molar-refractivity contribution is 0.113. The average molecular weight is 256 g/mol. The molecule has 12 heavy (non-hydrogen) atoms. The summed E-state index contributed by atoms with van der Waals surface area (Å²) in [6.45, 7) is 1.29. The number of rotatable bonds is 4. The average Bonchev–Trinajstić information content (AvgIpc) is 1.98. The summed E-state index contributed by atoms with van der Waals surface area (Å²) in [5, 5.41) is 14.8. The van der Waals surface area contributed by atoms with Crippen LogP contribution in [0.15, 0.2) is 0 Å². The van der Waals surface area contributed by atoms with Crippen molar-refractivity contribution < 1.29 is 10.2 Å². The molecule has 0 bridgehead atoms. The number of aliphatic hydroxyl groups is 2. The summed E-state index contributed by atoms with van der Waals surface area (Å²) in [4.78, 5) is 0. The van der Waals surface area contributed by atoms with E-state index >= 15 is 0 Å². The van der Waals surface area contributed by atoms with E-state index in [1.54, 1.807) is 0 Å². The zero-order valence-electron chi connectivity index (χ0n) is 6.35. The highest BCUT2D eigenvalue weighted by atomic mass is 35.5. The Hall–Kier alpha value is 1.08. The second-order valence-electron chi connectivity index (χ2n) is 2.59. The number of hydrogen-bond acceptors (Lipinski definition) is 2. The summed E-state index contributed by atoms with van der Waals surface area (Å²) >= 11 is 22.1. The quantitative estimate of drug-likeness (QED) is 0.752. The lowest BCUT2D eigenvalue weighted by Crippen LogP contribution is -2.42. The van der Waals surface area contributed by atoms with E-state index in [1.807, 2.05) is 0 Å². The molecule has 0 aliphatic carbocycles. The highest BCUT2D eigenvalue weighted by Crippen LogP contribution is 2.28. The molecule has 0 rings (SSSR count). The molecular formula is C6H10Cl4O2. The Balaban J connectivity index is 4.19. The second kappa shape index (κ2) is 5.08. The van der Waals surface area contributed by atoms with E-state index in [9.17, 15) is 5.11 Å². The smallest absolute Gasteiger partial charge is 0.153 e. The van der Waals surface area contributed by atoms with Gasteiger partial charge in [-0.25, -0.2) is 0 Å². The van der Waals surface area contributed by atoms with E-state index < -0.39 is 21.9 Å². The van der Waals surface area contributed by atoms with Crippen molar-refractivity contribution in [2.75, 3.05) is 5.88 Å². The number of hydrogen-bond donors (Lipinski definition) is 2. The third-order valence-electron chi connectivity index (χ3n) is 1.31. The maximum absolute atomic E-state index is 9.20. The molecule has 0 aromatic rings. The van der Waals surface area contributed by atoms with Crippen molar-refractivity contribution in [3.05, 3.63) is 0 Å². The van der Waals surface area contributed by atoms with Crippen molar-refractivity contribution in [1.29, 1.82) is 0 Å². The third-order valence-corrected chi connectivity index (χ3v) is 3.34. The SMILES string of the molecule is CC(O)(Cl)C(Cl)C(Cl)C(O)CCl. The van der Waals surface area contributed by atoms with Crippen LogP contribution in [-0.2, 0) is 0 Å². The van der Waals surface area contributed by atoms with Crippen LogP contribution in [0.4, 0.5) is 0 Å². The summed E-state index contributed by atoms with van der Waals surface area (Å²) < 4.78 is 0. The Morgan fingerprint density at radius 2 is 1.83 bits per heavy atom. The van der Waals surface area contributed by atoms with Gasteiger partial charge in [0.25, 0.3) is 0 Å². The molecule has 0 aromatic carbocycles. The summed E-state index contributed by atoms with van der Waals surface area (Å²) in [5.41, 5.74) is 0. The fourth-order valence-electron chi connectivity index (χ4n) is 0.571. The lowest BCUT2D eigenvalue weighted by Gasteiger charge is -2.27. The number of aliphatic hydroxyl groups excluding tert-OH is 1. The van der Waals surface area contributed by atoms with Gasteiger partial charge in [0.2, 0.25) is 0 Å². The van der Waals surface area contributed by atoms with Crippen LogP contribution in [0, 0.1) is 0 Å². The zero-order chi connectivity index (χ0) is 9.94. The molecule has 0 radical (unpaired) electrons. The molecule has 0 fully saturated rings. The highest BCUT2D eigenvalue weighted by molar-refractivity contribution is 6.36. The lowest BCUT2D eigenvalue weighted by atomic mass is 10.1. The zero-order valence-corrected chi connectivity index (χ0v) is 9.37. The molecular weight excluding hydrogens is 246 g/mol. The van der Waals surface area contributed by atoms with E-state index in [-0.39, 0.29) is 5.88 Å². The van der Waals surface area contributed by atoms with Gasteiger partial charge in [0, 0.05) is 5.88 Å². The van der Waals surface area contributed by atoms with E-state index in [2.05, 4.69) is 0 Å². The summed E-state index contributed by atoms with van der Waals surface area (Å²) in [7, 11) is 0. The van der Waals surface area contributed by atoms with Crippen LogP contribution in [0.5, 0.6) is 0 Å². The second-order valence-corrected chi connectivity index (χ2v) is 4.64. The van der Waals surface area contributed by atoms with Gasteiger partial charge in [0.1, 0.15) is 0 Å². The Labute approximate surface area is 91.4 Å². The minimum absolute atomic E-state index is 0.0512. The summed E-state index contributed by atoms with van der Waals surface area (Å²) in [6.07, 6.45) is -0.985. The van der Waals surface area contributed by atoms with Crippen LogP contribution in [0.2, 0.25) is 0 Å².